The second kappa shape index (κ2) is 5.74. The van der Waals surface area contributed by atoms with Crippen molar-refractivity contribution in [1.29, 1.82) is 0 Å². The van der Waals surface area contributed by atoms with Gasteiger partial charge in [0.05, 0.1) is 4.92 Å². The highest BCUT2D eigenvalue weighted by molar-refractivity contribution is 5.74. The van der Waals surface area contributed by atoms with Crippen LogP contribution in [0, 0.1) is 17.0 Å². The number of hydrogen-bond donors (Lipinski definition) is 2. The molecule has 0 saturated carbocycles. The number of amides is 1. The van der Waals surface area contributed by atoms with Crippen molar-refractivity contribution in [3.8, 4) is 0 Å². The number of hydrogen-bond acceptors (Lipinski definition) is 6. The zero-order valence-electron chi connectivity index (χ0n) is 10.5. The standard InChI is InChI=1S/C12H11N5O3/c1-8-3-2-4-9(17(19)20)12(8)16-11-5-10(15-7-18)13-6-14-11/h2-7H,1H3,(H2,13,14,15,16,18). The summed E-state index contributed by atoms with van der Waals surface area (Å²) in [6.45, 7) is 1.75. The molecule has 8 heteroatoms. The summed E-state index contributed by atoms with van der Waals surface area (Å²) in [6, 6.07) is 6.24. The molecular formula is C12H11N5O3. The Morgan fingerprint density at radius 1 is 1.30 bits per heavy atom. The number of nitro groups is 1. The quantitative estimate of drug-likeness (QED) is 0.489. The van der Waals surface area contributed by atoms with E-state index < -0.39 is 4.92 Å². The maximum absolute atomic E-state index is 11.0. The van der Waals surface area contributed by atoms with Gasteiger partial charge in [-0.05, 0) is 12.5 Å². The summed E-state index contributed by atoms with van der Waals surface area (Å²) in [4.78, 5) is 28.7. The molecule has 2 N–H and O–H groups in total. The Hall–Kier alpha value is -3.03. The third-order valence-corrected chi connectivity index (χ3v) is 2.57. The molecule has 0 bridgehead atoms. The Morgan fingerprint density at radius 3 is 2.75 bits per heavy atom. The maximum atomic E-state index is 11.0. The van der Waals surface area contributed by atoms with E-state index in [1.54, 1.807) is 19.1 Å². The zero-order chi connectivity index (χ0) is 14.5. The van der Waals surface area contributed by atoms with Crippen LogP contribution in [-0.2, 0) is 4.79 Å². The van der Waals surface area contributed by atoms with Gasteiger partial charge in [0, 0.05) is 12.1 Å². The molecular weight excluding hydrogens is 262 g/mol. The van der Waals surface area contributed by atoms with Gasteiger partial charge in [0.2, 0.25) is 6.41 Å². The minimum atomic E-state index is -0.471. The number of anilines is 3. The fraction of sp³-hybridized carbons (Fsp3) is 0.0833. The van der Waals surface area contributed by atoms with E-state index >= 15 is 0 Å². The fourth-order valence-electron chi connectivity index (χ4n) is 1.66. The smallest absolute Gasteiger partial charge is 0.292 e. The minimum Gasteiger partial charge on any atom is -0.334 e. The fourth-order valence-corrected chi connectivity index (χ4v) is 1.66. The van der Waals surface area contributed by atoms with E-state index in [0.29, 0.717) is 29.3 Å². The van der Waals surface area contributed by atoms with E-state index in [-0.39, 0.29) is 5.69 Å². The van der Waals surface area contributed by atoms with Crippen LogP contribution in [0.2, 0.25) is 0 Å². The third-order valence-electron chi connectivity index (χ3n) is 2.57. The van der Waals surface area contributed by atoms with Gasteiger partial charge in [-0.1, -0.05) is 12.1 Å². The van der Waals surface area contributed by atoms with E-state index in [2.05, 4.69) is 20.6 Å². The van der Waals surface area contributed by atoms with Gasteiger partial charge < -0.3 is 10.6 Å². The minimum absolute atomic E-state index is 0.0477. The molecule has 8 nitrogen and oxygen atoms in total. The van der Waals surface area contributed by atoms with Gasteiger partial charge in [-0.25, -0.2) is 9.97 Å². The summed E-state index contributed by atoms with van der Waals surface area (Å²) >= 11 is 0. The lowest BCUT2D eigenvalue weighted by Gasteiger charge is -2.09. The third kappa shape index (κ3) is 2.86. The molecule has 0 aliphatic carbocycles. The van der Waals surface area contributed by atoms with Gasteiger partial charge in [0.15, 0.2) is 0 Å². The molecule has 2 rings (SSSR count). The van der Waals surface area contributed by atoms with Crippen LogP contribution in [0.15, 0.2) is 30.6 Å². The number of aromatic nitrogens is 2. The molecule has 102 valence electrons. The second-order valence-corrected chi connectivity index (χ2v) is 3.90. The van der Waals surface area contributed by atoms with Gasteiger partial charge in [-0.15, -0.1) is 0 Å². The Balaban J connectivity index is 2.37. The lowest BCUT2D eigenvalue weighted by molar-refractivity contribution is -0.384. The van der Waals surface area contributed by atoms with Crippen LogP contribution in [0.5, 0.6) is 0 Å². The van der Waals surface area contributed by atoms with Crippen molar-refractivity contribution in [3.05, 3.63) is 46.3 Å². The molecule has 0 spiro atoms. The van der Waals surface area contributed by atoms with Gasteiger partial charge in [0.1, 0.15) is 23.7 Å². The highest BCUT2D eigenvalue weighted by Gasteiger charge is 2.16. The second-order valence-electron chi connectivity index (χ2n) is 3.90. The number of rotatable bonds is 5. The van der Waals surface area contributed by atoms with Crippen LogP contribution in [0.1, 0.15) is 5.56 Å². The summed E-state index contributed by atoms with van der Waals surface area (Å²) in [7, 11) is 0. The predicted octanol–water partition coefficient (Wildman–Crippen LogP) is 2.01. The van der Waals surface area contributed by atoms with Crippen molar-refractivity contribution in [1.82, 2.24) is 9.97 Å². The van der Waals surface area contributed by atoms with Crippen molar-refractivity contribution in [2.75, 3.05) is 10.6 Å². The molecule has 0 fully saturated rings. The van der Waals surface area contributed by atoms with Crippen molar-refractivity contribution >= 4 is 29.4 Å². The first-order valence-electron chi connectivity index (χ1n) is 5.65. The predicted molar refractivity (Wildman–Crippen MR) is 72.8 cm³/mol. The summed E-state index contributed by atoms with van der Waals surface area (Å²) < 4.78 is 0. The Morgan fingerprint density at radius 2 is 2.05 bits per heavy atom. The van der Waals surface area contributed by atoms with Crippen LogP contribution in [-0.4, -0.2) is 21.3 Å². The average molecular weight is 273 g/mol. The molecule has 0 unspecified atom stereocenters. The van der Waals surface area contributed by atoms with Gasteiger partial charge in [0.25, 0.3) is 5.69 Å². The normalized spacial score (nSPS) is 9.85. The van der Waals surface area contributed by atoms with Crippen molar-refractivity contribution in [2.24, 2.45) is 0 Å². The number of benzene rings is 1. The molecule has 20 heavy (non-hydrogen) atoms. The molecule has 2 aromatic rings. The highest BCUT2D eigenvalue weighted by Crippen LogP contribution is 2.30. The van der Waals surface area contributed by atoms with Gasteiger partial charge in [-0.3, -0.25) is 14.9 Å². The summed E-state index contributed by atoms with van der Waals surface area (Å²) in [5.74, 6) is 0.649. The topological polar surface area (TPSA) is 110 Å². The Bertz CT molecular complexity index is 659. The number of carbonyl (C=O) groups excluding carboxylic acids is 1. The largest absolute Gasteiger partial charge is 0.334 e. The molecule has 0 aliphatic rings. The maximum Gasteiger partial charge on any atom is 0.292 e. The van der Waals surface area contributed by atoms with E-state index in [4.69, 9.17) is 0 Å². The van der Waals surface area contributed by atoms with Crippen molar-refractivity contribution in [3.63, 3.8) is 0 Å². The molecule has 0 aliphatic heterocycles. The molecule has 0 atom stereocenters. The highest BCUT2D eigenvalue weighted by atomic mass is 16.6. The number of nitro benzene ring substituents is 1. The summed E-state index contributed by atoms with van der Waals surface area (Å²) in [5, 5.41) is 16.3. The van der Waals surface area contributed by atoms with Crippen molar-refractivity contribution in [2.45, 2.75) is 6.92 Å². The number of aryl methyl sites for hydroxylation is 1. The van der Waals surface area contributed by atoms with E-state index in [0.717, 1.165) is 0 Å². The van der Waals surface area contributed by atoms with Crippen LogP contribution in [0.25, 0.3) is 0 Å². The Labute approximate surface area is 114 Å². The van der Waals surface area contributed by atoms with E-state index in [9.17, 15) is 14.9 Å². The molecule has 1 aromatic carbocycles. The van der Waals surface area contributed by atoms with E-state index in [1.807, 2.05) is 0 Å². The van der Waals surface area contributed by atoms with Crippen LogP contribution in [0.3, 0.4) is 0 Å². The van der Waals surface area contributed by atoms with Gasteiger partial charge >= 0.3 is 0 Å². The van der Waals surface area contributed by atoms with Crippen LogP contribution >= 0.6 is 0 Å². The SMILES string of the molecule is Cc1cccc([N+](=O)[O-])c1Nc1cc(NC=O)ncn1. The van der Waals surface area contributed by atoms with E-state index in [1.165, 1.54) is 18.5 Å². The summed E-state index contributed by atoms with van der Waals surface area (Å²) in [6.07, 6.45) is 1.74. The van der Waals surface area contributed by atoms with Gasteiger partial charge in [-0.2, -0.15) is 0 Å². The number of para-hydroxylation sites is 1. The lowest BCUT2D eigenvalue weighted by atomic mass is 10.1. The molecule has 0 radical (unpaired) electrons. The monoisotopic (exact) mass is 273 g/mol. The van der Waals surface area contributed by atoms with Crippen molar-refractivity contribution < 1.29 is 9.72 Å². The molecule has 1 aromatic heterocycles. The number of nitrogens with zero attached hydrogens (tertiary/aromatic N) is 3. The first-order chi connectivity index (χ1) is 9.61. The van der Waals surface area contributed by atoms with Crippen LogP contribution in [0.4, 0.5) is 23.0 Å². The first kappa shape index (κ1) is 13.4. The Kier molecular flexibility index (Phi) is 3.85. The average Bonchev–Trinajstić information content (AvgIpc) is 2.41. The molecule has 0 saturated heterocycles. The lowest BCUT2D eigenvalue weighted by Crippen LogP contribution is -2.03. The number of carbonyl (C=O) groups is 1. The molecule has 1 heterocycles. The summed E-state index contributed by atoms with van der Waals surface area (Å²) in [5.41, 5.74) is 1.02. The molecule has 1 amide bonds. The van der Waals surface area contributed by atoms with Crippen LogP contribution < -0.4 is 10.6 Å². The zero-order valence-corrected chi connectivity index (χ0v) is 10.5. The first-order valence-corrected chi connectivity index (χ1v) is 5.65. The number of nitrogens with one attached hydrogen (secondary N) is 2.